The second kappa shape index (κ2) is 7.67. The Kier molecular flexibility index (Phi) is 5.13. The summed E-state index contributed by atoms with van der Waals surface area (Å²) >= 11 is 0. The summed E-state index contributed by atoms with van der Waals surface area (Å²) in [5.41, 5.74) is 8.27. The molecule has 3 aromatic rings. The Morgan fingerprint density at radius 3 is 2.52 bits per heavy atom. The number of hydrogen-bond acceptors (Lipinski definition) is 5. The number of esters is 1. The number of nitrogens with zero attached hydrogens (tertiary/aromatic N) is 2. The molecule has 0 bridgehead atoms. The third-order valence-electron chi connectivity index (χ3n) is 4.02. The monoisotopic (exact) mass is 361 g/mol. The zero-order valence-corrected chi connectivity index (χ0v) is 14.6. The molecule has 0 aliphatic rings. The van der Waals surface area contributed by atoms with Crippen molar-refractivity contribution >= 4 is 11.8 Å². The van der Waals surface area contributed by atoms with Gasteiger partial charge in [0.15, 0.2) is 0 Å². The van der Waals surface area contributed by atoms with Crippen LogP contribution in [0.25, 0.3) is 22.4 Å². The van der Waals surface area contributed by atoms with E-state index in [1.165, 1.54) is 6.07 Å². The molecule has 0 amide bonds. The van der Waals surface area contributed by atoms with Gasteiger partial charge in [-0.1, -0.05) is 30.3 Å². The van der Waals surface area contributed by atoms with Crippen molar-refractivity contribution in [2.75, 3.05) is 12.3 Å². The fourth-order valence-electron chi connectivity index (χ4n) is 2.71. The second-order valence-corrected chi connectivity index (χ2v) is 5.70. The van der Waals surface area contributed by atoms with Crippen molar-refractivity contribution in [3.63, 3.8) is 0 Å². The lowest BCUT2D eigenvalue weighted by atomic mass is 9.98. The van der Waals surface area contributed by atoms with Crippen LogP contribution >= 0.6 is 0 Å². The molecule has 0 unspecified atom stereocenters. The molecule has 5 nitrogen and oxygen atoms in total. The molecule has 0 aliphatic carbocycles. The first-order valence-corrected chi connectivity index (χ1v) is 8.28. The van der Waals surface area contributed by atoms with Crippen LogP contribution in [0, 0.1) is 17.1 Å². The molecule has 1 heterocycles. The van der Waals surface area contributed by atoms with Crippen molar-refractivity contribution in [2.24, 2.45) is 0 Å². The number of pyridine rings is 1. The number of anilines is 1. The van der Waals surface area contributed by atoms with Gasteiger partial charge in [-0.25, -0.2) is 14.2 Å². The van der Waals surface area contributed by atoms with Gasteiger partial charge in [0.2, 0.25) is 0 Å². The van der Waals surface area contributed by atoms with Crippen LogP contribution in [0.1, 0.15) is 22.8 Å². The first-order chi connectivity index (χ1) is 13.0. The molecule has 0 fully saturated rings. The topological polar surface area (TPSA) is 89.0 Å². The van der Waals surface area contributed by atoms with Crippen LogP contribution in [0.15, 0.2) is 54.6 Å². The Morgan fingerprint density at radius 2 is 1.89 bits per heavy atom. The summed E-state index contributed by atoms with van der Waals surface area (Å²) in [5.74, 6) is -0.852. The standard InChI is InChI=1S/C21H16FN3O2/c1-2-27-21(26)14-9-7-13(8-10-14)19-11-16(17(12-23)20(24)25-19)15-5-3-4-6-18(15)22/h3-11H,2H2,1H3,(H2,24,25). The molecular weight excluding hydrogens is 345 g/mol. The van der Waals surface area contributed by atoms with Crippen LogP contribution in [0.2, 0.25) is 0 Å². The predicted molar refractivity (Wildman–Crippen MR) is 100 cm³/mol. The Hall–Kier alpha value is -3.72. The van der Waals surface area contributed by atoms with Gasteiger partial charge in [0.05, 0.1) is 17.9 Å². The normalized spacial score (nSPS) is 10.3. The van der Waals surface area contributed by atoms with Crippen LogP contribution < -0.4 is 5.73 Å². The van der Waals surface area contributed by atoms with Crippen molar-refractivity contribution in [1.29, 1.82) is 5.26 Å². The van der Waals surface area contributed by atoms with Crippen LogP contribution in [0.3, 0.4) is 0 Å². The fourth-order valence-corrected chi connectivity index (χ4v) is 2.71. The summed E-state index contributed by atoms with van der Waals surface area (Å²) in [6, 6.07) is 16.4. The van der Waals surface area contributed by atoms with Crippen LogP contribution in [0.5, 0.6) is 0 Å². The number of carbonyl (C=O) groups excluding carboxylic acids is 1. The van der Waals surface area contributed by atoms with E-state index >= 15 is 0 Å². The van der Waals surface area contributed by atoms with Crippen LogP contribution in [-0.2, 0) is 4.74 Å². The maximum atomic E-state index is 14.2. The van der Waals surface area contributed by atoms with E-state index in [1.807, 2.05) is 6.07 Å². The SMILES string of the molecule is CCOC(=O)c1ccc(-c2cc(-c3ccccc3F)c(C#N)c(N)n2)cc1. The molecule has 2 aromatic carbocycles. The molecule has 0 radical (unpaired) electrons. The number of nitrogens with two attached hydrogens (primary N) is 1. The molecule has 2 N–H and O–H groups in total. The van der Waals surface area contributed by atoms with E-state index in [9.17, 15) is 14.4 Å². The van der Waals surface area contributed by atoms with Gasteiger partial charge in [0.25, 0.3) is 0 Å². The van der Waals surface area contributed by atoms with Gasteiger partial charge in [0, 0.05) is 16.7 Å². The van der Waals surface area contributed by atoms with Crippen molar-refractivity contribution in [3.8, 4) is 28.5 Å². The number of ether oxygens (including phenoxy) is 1. The molecule has 0 aliphatic heterocycles. The molecule has 1 aromatic heterocycles. The van der Waals surface area contributed by atoms with Gasteiger partial charge in [-0.15, -0.1) is 0 Å². The molecule has 27 heavy (non-hydrogen) atoms. The van der Waals surface area contributed by atoms with Gasteiger partial charge in [-0.3, -0.25) is 0 Å². The highest BCUT2D eigenvalue weighted by Crippen LogP contribution is 2.32. The number of nitriles is 1. The van der Waals surface area contributed by atoms with Crippen LogP contribution in [0.4, 0.5) is 10.2 Å². The number of aromatic nitrogens is 1. The lowest BCUT2D eigenvalue weighted by molar-refractivity contribution is 0.0526. The largest absolute Gasteiger partial charge is 0.462 e. The highest BCUT2D eigenvalue weighted by Gasteiger charge is 2.16. The number of benzene rings is 2. The molecule has 0 saturated heterocycles. The van der Waals surface area contributed by atoms with Gasteiger partial charge in [-0.05, 0) is 31.2 Å². The summed E-state index contributed by atoms with van der Waals surface area (Å²) in [7, 11) is 0. The van der Waals surface area contributed by atoms with E-state index in [-0.39, 0.29) is 16.9 Å². The molecule has 3 rings (SSSR count). The van der Waals surface area contributed by atoms with E-state index in [1.54, 1.807) is 55.5 Å². The summed E-state index contributed by atoms with van der Waals surface area (Å²) in [4.78, 5) is 16.0. The second-order valence-electron chi connectivity index (χ2n) is 5.70. The third kappa shape index (κ3) is 3.62. The highest BCUT2D eigenvalue weighted by atomic mass is 19.1. The summed E-state index contributed by atoms with van der Waals surface area (Å²) in [6.07, 6.45) is 0. The highest BCUT2D eigenvalue weighted by molar-refractivity contribution is 5.90. The molecular formula is C21H16FN3O2. The van der Waals surface area contributed by atoms with E-state index in [0.29, 0.717) is 29.0 Å². The number of nitrogen functional groups attached to an aromatic ring is 1. The molecule has 134 valence electrons. The Balaban J connectivity index is 2.09. The average molecular weight is 361 g/mol. The van der Waals surface area contributed by atoms with Gasteiger partial charge >= 0.3 is 5.97 Å². The van der Waals surface area contributed by atoms with Crippen molar-refractivity contribution < 1.29 is 13.9 Å². The molecule has 0 saturated carbocycles. The molecule has 0 atom stereocenters. The summed E-state index contributed by atoms with van der Waals surface area (Å²) in [6.45, 7) is 2.03. The van der Waals surface area contributed by atoms with Gasteiger partial charge in [0.1, 0.15) is 23.3 Å². The van der Waals surface area contributed by atoms with E-state index in [2.05, 4.69) is 4.98 Å². The minimum atomic E-state index is -0.455. The smallest absolute Gasteiger partial charge is 0.338 e. The maximum absolute atomic E-state index is 14.2. The van der Waals surface area contributed by atoms with Crippen molar-refractivity contribution in [1.82, 2.24) is 4.98 Å². The lowest BCUT2D eigenvalue weighted by Crippen LogP contribution is -2.04. The molecule has 0 spiro atoms. The quantitative estimate of drug-likeness (QED) is 0.704. The first kappa shape index (κ1) is 18.1. The van der Waals surface area contributed by atoms with Crippen molar-refractivity contribution in [3.05, 3.63) is 71.5 Å². The average Bonchev–Trinajstić information content (AvgIpc) is 2.68. The zero-order valence-electron chi connectivity index (χ0n) is 14.6. The van der Waals surface area contributed by atoms with E-state index in [4.69, 9.17) is 10.5 Å². The Morgan fingerprint density at radius 1 is 1.19 bits per heavy atom. The van der Waals surface area contributed by atoms with Gasteiger partial charge in [-0.2, -0.15) is 5.26 Å². The maximum Gasteiger partial charge on any atom is 0.338 e. The number of hydrogen-bond donors (Lipinski definition) is 1. The summed E-state index contributed by atoms with van der Waals surface area (Å²) in [5, 5.41) is 9.42. The minimum absolute atomic E-state index is 0.0164. The Bertz CT molecular complexity index is 1040. The fraction of sp³-hybridized carbons (Fsp3) is 0.0952. The van der Waals surface area contributed by atoms with Gasteiger partial charge < -0.3 is 10.5 Å². The predicted octanol–water partition coefficient (Wildman–Crippen LogP) is 4.19. The van der Waals surface area contributed by atoms with E-state index in [0.717, 1.165) is 0 Å². The van der Waals surface area contributed by atoms with E-state index < -0.39 is 11.8 Å². The minimum Gasteiger partial charge on any atom is -0.462 e. The zero-order chi connectivity index (χ0) is 19.4. The van der Waals surface area contributed by atoms with Crippen LogP contribution in [-0.4, -0.2) is 17.6 Å². The molecule has 6 heteroatoms. The third-order valence-corrected chi connectivity index (χ3v) is 4.02. The lowest BCUT2D eigenvalue weighted by Gasteiger charge is -2.11. The number of rotatable bonds is 4. The first-order valence-electron chi connectivity index (χ1n) is 8.28. The summed E-state index contributed by atoms with van der Waals surface area (Å²) < 4.78 is 19.2. The Labute approximate surface area is 155 Å². The van der Waals surface area contributed by atoms with Crippen molar-refractivity contribution in [2.45, 2.75) is 6.92 Å². The number of halogens is 1. The number of carbonyl (C=O) groups is 1.